The number of benzene rings is 1. The monoisotopic (exact) mass is 398 g/mol. The van der Waals surface area contributed by atoms with E-state index in [1.165, 1.54) is 23.2 Å². The number of carbonyl (C=O) groups excluding carboxylic acids is 1. The van der Waals surface area contributed by atoms with Crippen molar-refractivity contribution < 1.29 is 27.6 Å². The Balaban J connectivity index is 1.71. The van der Waals surface area contributed by atoms with Crippen LogP contribution in [0.1, 0.15) is 31.6 Å². The molecule has 2 aromatic rings. The molecule has 1 aromatic carbocycles. The van der Waals surface area contributed by atoms with Gasteiger partial charge in [0.2, 0.25) is 0 Å². The Morgan fingerprint density at radius 1 is 1.25 bits per heavy atom. The van der Waals surface area contributed by atoms with Gasteiger partial charge in [-0.1, -0.05) is 19.0 Å². The first kappa shape index (κ1) is 20.0. The summed E-state index contributed by atoms with van der Waals surface area (Å²) in [5.74, 6) is 0.618. The van der Waals surface area contributed by atoms with E-state index in [0.717, 1.165) is 12.1 Å². The van der Waals surface area contributed by atoms with Crippen LogP contribution in [-0.4, -0.2) is 41.0 Å². The molecule has 28 heavy (non-hydrogen) atoms. The number of anilines is 2. The van der Waals surface area contributed by atoms with Gasteiger partial charge >= 0.3 is 12.2 Å². The minimum Gasteiger partial charge on any atom is -0.395 e. The fourth-order valence-corrected chi connectivity index (χ4v) is 2.82. The lowest BCUT2D eigenvalue weighted by molar-refractivity contribution is -0.137. The van der Waals surface area contributed by atoms with E-state index in [1.807, 2.05) is 0 Å². The van der Waals surface area contributed by atoms with Crippen LogP contribution in [0.5, 0.6) is 0 Å². The van der Waals surface area contributed by atoms with Crippen molar-refractivity contribution in [1.82, 2.24) is 10.2 Å². The second kappa shape index (κ2) is 7.34. The standard InChI is InChI=1S/C18H21F3N4O3/c1-17(2,11-26)14-10-15(23-28-14)22-16(27)25-9-3-8-24(25)13-6-4-12(5-7-13)18(19,20)21/h4-7,10,26H,3,8-9,11H2,1-2H3,(H,22,23,27). The van der Waals surface area contributed by atoms with Gasteiger partial charge in [0, 0.05) is 24.6 Å². The first-order chi connectivity index (χ1) is 13.1. The highest BCUT2D eigenvalue weighted by Gasteiger charge is 2.32. The Kier molecular flexibility index (Phi) is 5.24. The van der Waals surface area contributed by atoms with Crippen LogP contribution in [0.15, 0.2) is 34.9 Å². The van der Waals surface area contributed by atoms with Gasteiger partial charge in [-0.25, -0.2) is 9.80 Å². The molecule has 10 heteroatoms. The minimum absolute atomic E-state index is 0.149. The van der Waals surface area contributed by atoms with Gasteiger partial charge in [-0.3, -0.25) is 10.3 Å². The number of amides is 2. The molecular weight excluding hydrogens is 377 g/mol. The number of halogens is 3. The van der Waals surface area contributed by atoms with Crippen LogP contribution in [0.25, 0.3) is 0 Å². The molecule has 1 aliphatic heterocycles. The van der Waals surface area contributed by atoms with Crippen LogP contribution in [0, 0.1) is 0 Å². The fourth-order valence-electron chi connectivity index (χ4n) is 2.82. The summed E-state index contributed by atoms with van der Waals surface area (Å²) in [7, 11) is 0. The molecule has 1 aromatic heterocycles. The fraction of sp³-hybridized carbons (Fsp3) is 0.444. The number of hydrogen-bond donors (Lipinski definition) is 2. The lowest BCUT2D eigenvalue weighted by Crippen LogP contribution is -2.43. The van der Waals surface area contributed by atoms with E-state index in [2.05, 4.69) is 10.5 Å². The van der Waals surface area contributed by atoms with Crippen molar-refractivity contribution in [3.05, 3.63) is 41.7 Å². The maximum atomic E-state index is 12.7. The number of hydrogen-bond acceptors (Lipinski definition) is 5. The van der Waals surface area contributed by atoms with Crippen molar-refractivity contribution in [3.63, 3.8) is 0 Å². The predicted octanol–water partition coefficient (Wildman–Crippen LogP) is 3.62. The van der Waals surface area contributed by atoms with E-state index < -0.39 is 23.2 Å². The molecule has 0 aliphatic carbocycles. The molecule has 2 amide bonds. The minimum atomic E-state index is -4.41. The normalized spacial score (nSPS) is 15.2. The van der Waals surface area contributed by atoms with E-state index in [0.29, 0.717) is 31.0 Å². The van der Waals surface area contributed by atoms with Crippen LogP contribution in [0.3, 0.4) is 0 Å². The molecule has 7 nitrogen and oxygen atoms in total. The second-order valence-electron chi connectivity index (χ2n) is 7.19. The summed E-state index contributed by atoms with van der Waals surface area (Å²) in [5, 5.41) is 18.8. The number of aromatic nitrogens is 1. The smallest absolute Gasteiger partial charge is 0.395 e. The number of aliphatic hydroxyl groups excluding tert-OH is 1. The summed E-state index contributed by atoms with van der Waals surface area (Å²) >= 11 is 0. The Hall–Kier alpha value is -2.75. The molecule has 2 N–H and O–H groups in total. The molecule has 3 rings (SSSR count). The quantitative estimate of drug-likeness (QED) is 0.822. The van der Waals surface area contributed by atoms with Gasteiger partial charge in [0.1, 0.15) is 5.76 Å². The van der Waals surface area contributed by atoms with Crippen LogP contribution in [0.4, 0.5) is 29.5 Å². The second-order valence-corrected chi connectivity index (χ2v) is 7.19. The van der Waals surface area contributed by atoms with Crippen LogP contribution in [-0.2, 0) is 11.6 Å². The highest BCUT2D eigenvalue weighted by molar-refractivity contribution is 5.89. The molecule has 0 unspecified atom stereocenters. The third-order valence-electron chi connectivity index (χ3n) is 4.57. The van der Waals surface area contributed by atoms with Gasteiger partial charge < -0.3 is 9.63 Å². The van der Waals surface area contributed by atoms with E-state index >= 15 is 0 Å². The Bertz CT molecular complexity index is 833. The molecule has 2 heterocycles. The molecule has 1 fully saturated rings. The van der Waals surface area contributed by atoms with Gasteiger partial charge in [0.05, 0.1) is 17.9 Å². The molecule has 152 valence electrons. The Morgan fingerprint density at radius 3 is 2.54 bits per heavy atom. The number of nitrogens with one attached hydrogen (secondary N) is 1. The molecular formula is C18H21F3N4O3. The summed E-state index contributed by atoms with van der Waals surface area (Å²) in [6.07, 6.45) is -3.73. The lowest BCUT2D eigenvalue weighted by atomic mass is 9.92. The molecule has 0 atom stereocenters. The number of carbonyl (C=O) groups is 1. The van der Waals surface area contributed by atoms with E-state index in [9.17, 15) is 23.1 Å². The van der Waals surface area contributed by atoms with Crippen LogP contribution < -0.4 is 10.3 Å². The maximum Gasteiger partial charge on any atom is 0.416 e. The van der Waals surface area contributed by atoms with Gasteiger partial charge in [-0.2, -0.15) is 13.2 Å². The van der Waals surface area contributed by atoms with E-state index in [-0.39, 0.29) is 12.4 Å². The van der Waals surface area contributed by atoms with E-state index in [4.69, 9.17) is 4.52 Å². The Labute approximate surface area is 159 Å². The van der Waals surface area contributed by atoms with Crippen LogP contribution >= 0.6 is 0 Å². The average molecular weight is 398 g/mol. The summed E-state index contributed by atoms with van der Waals surface area (Å²) in [5.41, 5.74) is -0.897. The van der Waals surface area contributed by atoms with Gasteiger partial charge in [0.15, 0.2) is 5.82 Å². The van der Waals surface area contributed by atoms with Gasteiger partial charge in [0.25, 0.3) is 0 Å². The van der Waals surface area contributed by atoms with Crippen molar-refractivity contribution in [2.24, 2.45) is 0 Å². The maximum absolute atomic E-state index is 12.7. The molecule has 1 saturated heterocycles. The summed E-state index contributed by atoms with van der Waals surface area (Å²) in [4.78, 5) is 12.6. The number of urea groups is 1. The summed E-state index contributed by atoms with van der Waals surface area (Å²) in [6.45, 7) is 4.31. The third kappa shape index (κ3) is 4.06. The van der Waals surface area contributed by atoms with Crippen molar-refractivity contribution in [2.75, 3.05) is 30.0 Å². The molecule has 0 bridgehead atoms. The van der Waals surface area contributed by atoms with Crippen LogP contribution in [0.2, 0.25) is 0 Å². The molecule has 0 spiro atoms. The topological polar surface area (TPSA) is 81.8 Å². The number of rotatable bonds is 4. The number of hydrazine groups is 1. The SMILES string of the molecule is CC(C)(CO)c1cc(NC(=O)N2CCCN2c2ccc(C(F)(F)F)cc2)no1. The highest BCUT2D eigenvalue weighted by Crippen LogP contribution is 2.32. The first-order valence-corrected chi connectivity index (χ1v) is 8.73. The van der Waals surface area contributed by atoms with Gasteiger partial charge in [-0.15, -0.1) is 0 Å². The van der Waals surface area contributed by atoms with Crippen molar-refractivity contribution in [3.8, 4) is 0 Å². The van der Waals surface area contributed by atoms with Crippen molar-refractivity contribution >= 4 is 17.5 Å². The van der Waals surface area contributed by atoms with Crippen molar-refractivity contribution in [2.45, 2.75) is 31.9 Å². The molecule has 0 radical (unpaired) electrons. The van der Waals surface area contributed by atoms with E-state index in [1.54, 1.807) is 18.9 Å². The zero-order valence-corrected chi connectivity index (χ0v) is 15.5. The highest BCUT2D eigenvalue weighted by atomic mass is 19.4. The Morgan fingerprint density at radius 2 is 1.93 bits per heavy atom. The summed E-state index contributed by atoms with van der Waals surface area (Å²) < 4.78 is 43.4. The lowest BCUT2D eigenvalue weighted by Gasteiger charge is -2.29. The predicted molar refractivity (Wildman–Crippen MR) is 95.7 cm³/mol. The number of nitrogens with zero attached hydrogens (tertiary/aromatic N) is 3. The molecule has 1 aliphatic rings. The number of aliphatic hydroxyl groups is 1. The third-order valence-corrected chi connectivity index (χ3v) is 4.57. The average Bonchev–Trinajstić information content (AvgIpc) is 3.31. The van der Waals surface area contributed by atoms with Crippen molar-refractivity contribution in [1.29, 1.82) is 0 Å². The summed E-state index contributed by atoms with van der Waals surface area (Å²) in [6, 6.07) is 5.72. The zero-order chi connectivity index (χ0) is 20.5. The first-order valence-electron chi connectivity index (χ1n) is 8.73. The van der Waals surface area contributed by atoms with Gasteiger partial charge in [-0.05, 0) is 30.7 Å². The largest absolute Gasteiger partial charge is 0.416 e. The number of alkyl halides is 3. The molecule has 0 saturated carbocycles. The zero-order valence-electron chi connectivity index (χ0n) is 15.5.